The summed E-state index contributed by atoms with van der Waals surface area (Å²) >= 11 is 3.38. The normalized spacial score (nSPS) is 10.0. The molecule has 0 heterocycles. The summed E-state index contributed by atoms with van der Waals surface area (Å²) in [7, 11) is 0. The predicted molar refractivity (Wildman–Crippen MR) is 84.6 cm³/mol. The lowest BCUT2D eigenvalue weighted by molar-refractivity contribution is -0.384. The lowest BCUT2D eigenvalue weighted by Crippen LogP contribution is -2.19. The zero-order valence-corrected chi connectivity index (χ0v) is 12.7. The number of nitrogens with one attached hydrogen (secondary N) is 2. The van der Waals surface area contributed by atoms with Gasteiger partial charge in [-0.3, -0.25) is 10.1 Å². The fourth-order valence-corrected chi connectivity index (χ4v) is 1.96. The summed E-state index contributed by atoms with van der Waals surface area (Å²) in [4.78, 5) is 22.0. The third-order valence-corrected chi connectivity index (χ3v) is 3.62. The Hall–Kier alpha value is -2.41. The van der Waals surface area contributed by atoms with Crippen molar-refractivity contribution in [3.05, 3.63) is 62.6 Å². The van der Waals surface area contributed by atoms with Crippen LogP contribution in [0.1, 0.15) is 5.56 Å². The maximum Gasteiger partial charge on any atom is 0.323 e. The first-order valence-corrected chi connectivity index (χ1v) is 6.83. The van der Waals surface area contributed by atoms with Gasteiger partial charge in [0.2, 0.25) is 0 Å². The van der Waals surface area contributed by atoms with Gasteiger partial charge in [-0.2, -0.15) is 0 Å². The second-order valence-electron chi connectivity index (χ2n) is 4.35. The van der Waals surface area contributed by atoms with E-state index in [1.807, 2.05) is 19.1 Å². The summed E-state index contributed by atoms with van der Waals surface area (Å²) in [5.74, 6) is 0. The van der Waals surface area contributed by atoms with E-state index in [-0.39, 0.29) is 5.69 Å². The van der Waals surface area contributed by atoms with Gasteiger partial charge in [0.1, 0.15) is 0 Å². The standard InChI is InChI=1S/C14H12BrN3O3/c1-9-7-11(5-6-13(9)15)17-14(19)16-10-3-2-4-12(8-10)18(20)21/h2-8H,1H3,(H2,16,17,19). The molecule has 0 bridgehead atoms. The number of benzene rings is 2. The molecular weight excluding hydrogens is 338 g/mol. The van der Waals surface area contributed by atoms with E-state index in [4.69, 9.17) is 0 Å². The van der Waals surface area contributed by atoms with Gasteiger partial charge < -0.3 is 10.6 Å². The van der Waals surface area contributed by atoms with E-state index in [9.17, 15) is 14.9 Å². The Bertz CT molecular complexity index is 704. The fraction of sp³-hybridized carbons (Fsp3) is 0.0714. The number of carbonyl (C=O) groups excluding carboxylic acids is 1. The third-order valence-electron chi connectivity index (χ3n) is 2.73. The van der Waals surface area contributed by atoms with Crippen LogP contribution < -0.4 is 10.6 Å². The number of anilines is 2. The average Bonchev–Trinajstić information content (AvgIpc) is 2.43. The zero-order valence-electron chi connectivity index (χ0n) is 11.1. The molecule has 2 rings (SSSR count). The molecular formula is C14H12BrN3O3. The molecule has 2 aromatic rings. The van der Waals surface area contributed by atoms with Crippen LogP contribution >= 0.6 is 15.9 Å². The minimum Gasteiger partial charge on any atom is -0.308 e. The minimum atomic E-state index is -0.513. The van der Waals surface area contributed by atoms with Crippen LogP contribution in [0.2, 0.25) is 0 Å². The number of urea groups is 1. The molecule has 0 radical (unpaired) electrons. The highest BCUT2D eigenvalue weighted by Gasteiger charge is 2.08. The monoisotopic (exact) mass is 349 g/mol. The largest absolute Gasteiger partial charge is 0.323 e. The second-order valence-corrected chi connectivity index (χ2v) is 5.20. The number of aryl methyl sites for hydroxylation is 1. The maximum atomic E-state index is 11.9. The average molecular weight is 350 g/mol. The lowest BCUT2D eigenvalue weighted by atomic mass is 10.2. The summed E-state index contributed by atoms with van der Waals surface area (Å²) in [6.07, 6.45) is 0. The summed E-state index contributed by atoms with van der Waals surface area (Å²) in [6, 6.07) is 10.7. The highest BCUT2D eigenvalue weighted by molar-refractivity contribution is 9.10. The number of rotatable bonds is 3. The first-order chi connectivity index (χ1) is 9.95. The van der Waals surface area contributed by atoms with Crippen molar-refractivity contribution in [1.82, 2.24) is 0 Å². The molecule has 108 valence electrons. The van der Waals surface area contributed by atoms with E-state index >= 15 is 0 Å². The third kappa shape index (κ3) is 4.03. The second kappa shape index (κ2) is 6.36. The lowest BCUT2D eigenvalue weighted by Gasteiger charge is -2.08. The molecule has 2 aromatic carbocycles. The number of nitrogens with zero attached hydrogens (tertiary/aromatic N) is 1. The van der Waals surface area contributed by atoms with Crippen LogP contribution in [-0.4, -0.2) is 11.0 Å². The summed E-state index contributed by atoms with van der Waals surface area (Å²) in [5.41, 5.74) is 1.91. The SMILES string of the molecule is Cc1cc(NC(=O)Nc2cccc([N+](=O)[O-])c2)ccc1Br. The summed E-state index contributed by atoms with van der Waals surface area (Å²) in [6.45, 7) is 1.91. The van der Waals surface area contributed by atoms with Crippen LogP contribution in [0.4, 0.5) is 21.9 Å². The van der Waals surface area contributed by atoms with Gasteiger partial charge in [0.05, 0.1) is 4.92 Å². The number of halogens is 1. The van der Waals surface area contributed by atoms with E-state index in [0.717, 1.165) is 10.0 Å². The van der Waals surface area contributed by atoms with Crippen LogP contribution in [-0.2, 0) is 0 Å². The molecule has 0 aromatic heterocycles. The number of non-ortho nitro benzene ring substituents is 1. The van der Waals surface area contributed by atoms with Crippen molar-refractivity contribution in [2.24, 2.45) is 0 Å². The first-order valence-electron chi connectivity index (χ1n) is 6.04. The molecule has 0 fully saturated rings. The summed E-state index contributed by atoms with van der Waals surface area (Å²) < 4.78 is 0.951. The molecule has 2 amide bonds. The van der Waals surface area contributed by atoms with Gasteiger partial charge in [-0.25, -0.2) is 4.79 Å². The van der Waals surface area contributed by atoms with Gasteiger partial charge in [-0.15, -0.1) is 0 Å². The smallest absolute Gasteiger partial charge is 0.308 e. The van der Waals surface area contributed by atoms with Gasteiger partial charge in [-0.05, 0) is 36.8 Å². The van der Waals surface area contributed by atoms with Crippen LogP contribution in [0.3, 0.4) is 0 Å². The van der Waals surface area contributed by atoms with Gasteiger partial charge in [0.15, 0.2) is 0 Å². The van der Waals surface area contributed by atoms with Crippen molar-refractivity contribution < 1.29 is 9.72 Å². The van der Waals surface area contributed by atoms with Crippen molar-refractivity contribution in [2.45, 2.75) is 6.92 Å². The van der Waals surface area contributed by atoms with E-state index in [0.29, 0.717) is 11.4 Å². The number of nitro groups is 1. The number of hydrogen-bond acceptors (Lipinski definition) is 3. The van der Waals surface area contributed by atoms with Crippen molar-refractivity contribution in [1.29, 1.82) is 0 Å². The molecule has 0 unspecified atom stereocenters. The highest BCUT2D eigenvalue weighted by atomic mass is 79.9. The molecule has 0 atom stereocenters. The zero-order chi connectivity index (χ0) is 15.4. The van der Waals surface area contributed by atoms with Gasteiger partial charge in [-0.1, -0.05) is 22.0 Å². The highest BCUT2D eigenvalue weighted by Crippen LogP contribution is 2.21. The molecule has 0 saturated heterocycles. The molecule has 2 N–H and O–H groups in total. The van der Waals surface area contributed by atoms with E-state index in [1.54, 1.807) is 12.1 Å². The van der Waals surface area contributed by atoms with E-state index in [1.165, 1.54) is 18.2 Å². The van der Waals surface area contributed by atoms with E-state index in [2.05, 4.69) is 26.6 Å². The van der Waals surface area contributed by atoms with Crippen molar-refractivity contribution in [3.8, 4) is 0 Å². The Balaban J connectivity index is 2.06. The molecule has 0 saturated carbocycles. The number of hydrogen-bond donors (Lipinski definition) is 2. The fourth-order valence-electron chi connectivity index (χ4n) is 1.71. The molecule has 7 heteroatoms. The Morgan fingerprint density at radius 1 is 1.14 bits per heavy atom. The van der Waals surface area contributed by atoms with Gasteiger partial charge in [0.25, 0.3) is 5.69 Å². The Morgan fingerprint density at radius 3 is 2.43 bits per heavy atom. The summed E-state index contributed by atoms with van der Waals surface area (Å²) in [5, 5.41) is 15.9. The topological polar surface area (TPSA) is 84.3 Å². The quantitative estimate of drug-likeness (QED) is 0.639. The van der Waals surface area contributed by atoms with Crippen molar-refractivity contribution in [2.75, 3.05) is 10.6 Å². The minimum absolute atomic E-state index is 0.0766. The molecule has 0 aliphatic rings. The Morgan fingerprint density at radius 2 is 1.81 bits per heavy atom. The van der Waals surface area contributed by atoms with Crippen molar-refractivity contribution >= 4 is 39.0 Å². The van der Waals surface area contributed by atoms with Crippen LogP contribution in [0.25, 0.3) is 0 Å². The van der Waals surface area contributed by atoms with Crippen LogP contribution in [0.15, 0.2) is 46.9 Å². The Kier molecular flexibility index (Phi) is 4.54. The number of nitro benzene ring substituents is 1. The molecule has 0 aliphatic heterocycles. The van der Waals surface area contributed by atoms with Crippen LogP contribution in [0.5, 0.6) is 0 Å². The van der Waals surface area contributed by atoms with Gasteiger partial charge in [0, 0.05) is 28.0 Å². The maximum absolute atomic E-state index is 11.9. The molecule has 6 nitrogen and oxygen atoms in total. The molecule has 0 spiro atoms. The Labute approximate surface area is 129 Å². The number of amides is 2. The molecule has 21 heavy (non-hydrogen) atoms. The number of carbonyl (C=O) groups is 1. The van der Waals surface area contributed by atoms with E-state index < -0.39 is 11.0 Å². The van der Waals surface area contributed by atoms with Gasteiger partial charge >= 0.3 is 6.03 Å². The van der Waals surface area contributed by atoms with Crippen LogP contribution in [0, 0.1) is 17.0 Å². The molecule has 0 aliphatic carbocycles. The van der Waals surface area contributed by atoms with Crippen molar-refractivity contribution in [3.63, 3.8) is 0 Å². The predicted octanol–water partition coefficient (Wildman–Crippen LogP) is 4.31. The first kappa shape index (κ1) is 15.0.